The van der Waals surface area contributed by atoms with Crippen LogP contribution in [0.25, 0.3) is 0 Å². The minimum atomic E-state index is -0.601. The van der Waals surface area contributed by atoms with Crippen LogP contribution in [-0.2, 0) is 4.74 Å². The molecule has 0 bridgehead atoms. The van der Waals surface area contributed by atoms with Crippen molar-refractivity contribution < 1.29 is 28.2 Å². The van der Waals surface area contributed by atoms with E-state index in [0.717, 1.165) is 19.3 Å². The van der Waals surface area contributed by atoms with Crippen molar-refractivity contribution in [3.63, 3.8) is 0 Å². The van der Waals surface area contributed by atoms with E-state index in [4.69, 9.17) is 14.2 Å². The number of ether oxygens (including phenoxy) is 3. The number of methoxy groups -OCH3 is 2. The van der Waals surface area contributed by atoms with Gasteiger partial charge in [-0.2, -0.15) is 0 Å². The maximum atomic E-state index is 13.0. The smallest absolute Gasteiger partial charge is 0.411 e. The van der Waals surface area contributed by atoms with Crippen molar-refractivity contribution in [1.82, 2.24) is 5.32 Å². The van der Waals surface area contributed by atoms with Crippen LogP contribution in [-0.4, -0.2) is 38.4 Å². The molecule has 0 spiro atoms. The molecular formula is C22H25FN2O5. The standard InChI is InChI=1S/C22H25FN2O5/c1-28-17-10-11-19(20(13-17)29-2)21(26)24-16-4-3-5-18(12-16)30-22(27)25-15-8-6-14(23)7-9-15/h6-11,13,16,18H,3-5,12H2,1-2H3,(H,24,26)(H,25,27)/t16-,18-/m0/s1. The molecule has 2 amide bonds. The van der Waals surface area contributed by atoms with Gasteiger partial charge in [0.15, 0.2) is 0 Å². The second-order valence-corrected chi connectivity index (χ2v) is 7.06. The van der Waals surface area contributed by atoms with Crippen LogP contribution >= 0.6 is 0 Å². The summed E-state index contributed by atoms with van der Waals surface area (Å²) >= 11 is 0. The zero-order valence-corrected chi connectivity index (χ0v) is 16.9. The van der Waals surface area contributed by atoms with Crippen molar-refractivity contribution >= 4 is 17.7 Å². The Kier molecular flexibility index (Phi) is 7.11. The zero-order chi connectivity index (χ0) is 21.5. The normalized spacial score (nSPS) is 18.2. The first-order valence-electron chi connectivity index (χ1n) is 9.74. The van der Waals surface area contributed by atoms with Crippen LogP contribution in [0.1, 0.15) is 36.0 Å². The van der Waals surface area contributed by atoms with Crippen molar-refractivity contribution in [2.24, 2.45) is 0 Å². The van der Waals surface area contributed by atoms with Crippen LogP contribution in [0, 0.1) is 5.82 Å². The molecule has 0 heterocycles. The molecule has 8 heteroatoms. The van der Waals surface area contributed by atoms with Crippen LogP contribution in [0.3, 0.4) is 0 Å². The highest BCUT2D eigenvalue weighted by molar-refractivity contribution is 5.97. The van der Waals surface area contributed by atoms with E-state index in [9.17, 15) is 14.0 Å². The molecule has 7 nitrogen and oxygen atoms in total. The monoisotopic (exact) mass is 416 g/mol. The first kappa shape index (κ1) is 21.4. The van der Waals surface area contributed by atoms with Crippen LogP contribution in [0.2, 0.25) is 0 Å². The number of hydrogen-bond donors (Lipinski definition) is 2. The number of halogens is 1. The molecule has 2 aromatic carbocycles. The molecule has 1 aliphatic carbocycles. The lowest BCUT2D eigenvalue weighted by atomic mass is 9.92. The van der Waals surface area contributed by atoms with Gasteiger partial charge in [0.2, 0.25) is 0 Å². The van der Waals surface area contributed by atoms with Gasteiger partial charge in [0, 0.05) is 24.2 Å². The predicted octanol–water partition coefficient (Wildman–Crippen LogP) is 4.13. The molecule has 0 unspecified atom stereocenters. The molecule has 30 heavy (non-hydrogen) atoms. The zero-order valence-electron chi connectivity index (χ0n) is 16.9. The number of rotatable bonds is 6. The van der Waals surface area contributed by atoms with Gasteiger partial charge in [-0.1, -0.05) is 0 Å². The van der Waals surface area contributed by atoms with E-state index >= 15 is 0 Å². The molecule has 1 aliphatic rings. The first-order chi connectivity index (χ1) is 14.5. The van der Waals surface area contributed by atoms with Crippen LogP contribution < -0.4 is 20.1 Å². The van der Waals surface area contributed by atoms with E-state index in [0.29, 0.717) is 29.2 Å². The van der Waals surface area contributed by atoms with E-state index < -0.39 is 6.09 Å². The van der Waals surface area contributed by atoms with Gasteiger partial charge >= 0.3 is 6.09 Å². The maximum absolute atomic E-state index is 13.0. The summed E-state index contributed by atoms with van der Waals surface area (Å²) in [6.07, 6.45) is 1.93. The number of amides is 2. The summed E-state index contributed by atoms with van der Waals surface area (Å²) < 4.78 is 28.9. The van der Waals surface area contributed by atoms with E-state index in [1.54, 1.807) is 25.3 Å². The second kappa shape index (κ2) is 9.96. The van der Waals surface area contributed by atoms with Gasteiger partial charge in [0.25, 0.3) is 5.91 Å². The SMILES string of the molecule is COc1ccc(C(=O)N[C@H]2CCC[C@H](OC(=O)Nc3ccc(F)cc3)C2)c(OC)c1. The number of anilines is 1. The molecule has 3 rings (SSSR count). The number of hydrogen-bond acceptors (Lipinski definition) is 5. The molecule has 1 saturated carbocycles. The lowest BCUT2D eigenvalue weighted by Crippen LogP contribution is -2.41. The molecule has 2 N–H and O–H groups in total. The van der Waals surface area contributed by atoms with Crippen molar-refractivity contribution in [2.75, 3.05) is 19.5 Å². The summed E-state index contributed by atoms with van der Waals surface area (Å²) in [7, 11) is 3.04. The van der Waals surface area contributed by atoms with Crippen LogP contribution in [0.15, 0.2) is 42.5 Å². The summed E-state index contributed by atoms with van der Waals surface area (Å²) in [4.78, 5) is 24.8. The maximum Gasteiger partial charge on any atom is 0.411 e. The summed E-state index contributed by atoms with van der Waals surface area (Å²) in [6, 6.07) is 10.3. The third-order valence-electron chi connectivity index (χ3n) is 4.98. The van der Waals surface area contributed by atoms with Gasteiger partial charge in [0.05, 0.1) is 19.8 Å². The fraction of sp³-hybridized carbons (Fsp3) is 0.364. The van der Waals surface area contributed by atoms with Crippen molar-refractivity contribution in [3.8, 4) is 11.5 Å². The van der Waals surface area contributed by atoms with Gasteiger partial charge in [-0.05, 0) is 55.7 Å². The number of carbonyl (C=O) groups is 2. The lowest BCUT2D eigenvalue weighted by molar-refractivity contribution is 0.0712. The van der Waals surface area contributed by atoms with Crippen molar-refractivity contribution in [1.29, 1.82) is 0 Å². The Labute approximate surface area is 174 Å². The Morgan fingerprint density at radius 3 is 2.50 bits per heavy atom. The van der Waals surface area contributed by atoms with Crippen LogP contribution in [0.4, 0.5) is 14.9 Å². The summed E-state index contributed by atoms with van der Waals surface area (Å²) in [5, 5.41) is 5.57. The van der Waals surface area contributed by atoms with E-state index in [1.165, 1.54) is 31.4 Å². The average Bonchev–Trinajstić information content (AvgIpc) is 2.75. The lowest BCUT2D eigenvalue weighted by Gasteiger charge is -2.29. The van der Waals surface area contributed by atoms with E-state index in [-0.39, 0.29) is 23.9 Å². The summed E-state index contributed by atoms with van der Waals surface area (Å²) in [6.45, 7) is 0. The van der Waals surface area contributed by atoms with Gasteiger partial charge in [-0.15, -0.1) is 0 Å². The third kappa shape index (κ3) is 5.62. The highest BCUT2D eigenvalue weighted by Crippen LogP contribution is 2.26. The molecule has 2 aromatic rings. The molecule has 1 fully saturated rings. The second-order valence-electron chi connectivity index (χ2n) is 7.06. The molecule has 0 aliphatic heterocycles. The number of nitrogens with one attached hydrogen (secondary N) is 2. The van der Waals surface area contributed by atoms with Gasteiger partial charge in [0.1, 0.15) is 23.4 Å². The molecule has 0 aromatic heterocycles. The highest BCUT2D eigenvalue weighted by atomic mass is 19.1. The largest absolute Gasteiger partial charge is 0.497 e. The van der Waals surface area contributed by atoms with E-state index in [2.05, 4.69) is 10.6 Å². The Morgan fingerprint density at radius 2 is 1.80 bits per heavy atom. The molecule has 0 saturated heterocycles. The number of carbonyl (C=O) groups excluding carboxylic acids is 2. The van der Waals surface area contributed by atoms with Gasteiger partial charge < -0.3 is 19.5 Å². The fourth-order valence-electron chi connectivity index (χ4n) is 3.46. The Bertz CT molecular complexity index is 888. The van der Waals surface area contributed by atoms with Crippen LogP contribution in [0.5, 0.6) is 11.5 Å². The molecule has 0 radical (unpaired) electrons. The quantitative estimate of drug-likeness (QED) is 0.740. The Morgan fingerprint density at radius 1 is 1.03 bits per heavy atom. The van der Waals surface area contributed by atoms with Crippen molar-refractivity contribution in [3.05, 3.63) is 53.8 Å². The molecule has 160 valence electrons. The topological polar surface area (TPSA) is 85.9 Å². The first-order valence-corrected chi connectivity index (χ1v) is 9.74. The Balaban J connectivity index is 1.55. The number of benzene rings is 2. The minimum absolute atomic E-state index is 0.123. The fourth-order valence-corrected chi connectivity index (χ4v) is 3.46. The van der Waals surface area contributed by atoms with Gasteiger partial charge in [-0.25, -0.2) is 9.18 Å². The Hall–Kier alpha value is -3.29. The summed E-state index contributed by atoms with van der Waals surface area (Å²) in [5.41, 5.74) is 0.865. The van der Waals surface area contributed by atoms with Crippen molar-refractivity contribution in [2.45, 2.75) is 37.8 Å². The minimum Gasteiger partial charge on any atom is -0.497 e. The molecular weight excluding hydrogens is 391 g/mol. The highest BCUT2D eigenvalue weighted by Gasteiger charge is 2.27. The average molecular weight is 416 g/mol. The predicted molar refractivity (Wildman–Crippen MR) is 110 cm³/mol. The third-order valence-corrected chi connectivity index (χ3v) is 4.98. The van der Waals surface area contributed by atoms with E-state index in [1.807, 2.05) is 0 Å². The van der Waals surface area contributed by atoms with Gasteiger partial charge in [-0.3, -0.25) is 10.1 Å². The summed E-state index contributed by atoms with van der Waals surface area (Å²) in [5.74, 6) is 0.389. The molecule has 2 atom stereocenters.